The van der Waals surface area contributed by atoms with E-state index in [1.807, 2.05) is 0 Å². The van der Waals surface area contributed by atoms with E-state index < -0.39 is 0 Å². The second-order valence-corrected chi connectivity index (χ2v) is 6.00. The van der Waals surface area contributed by atoms with Gasteiger partial charge in [0.25, 0.3) is 0 Å². The standard InChI is InChI=1S/C18H39N/c1-8-15-16-17(9-2,10-3)18(11-4,12-5)19(13-6)14-7/h8-16H2,1-7H3. The Hall–Kier alpha value is -0.0400. The summed E-state index contributed by atoms with van der Waals surface area (Å²) in [5.74, 6) is 0. The molecule has 0 radical (unpaired) electrons. The van der Waals surface area contributed by atoms with Gasteiger partial charge in [-0.3, -0.25) is 4.90 Å². The minimum absolute atomic E-state index is 0.398. The summed E-state index contributed by atoms with van der Waals surface area (Å²) < 4.78 is 0. The van der Waals surface area contributed by atoms with Crippen LogP contribution in [0.15, 0.2) is 0 Å². The first-order valence-corrected chi connectivity index (χ1v) is 8.82. The highest BCUT2D eigenvalue weighted by Crippen LogP contribution is 2.50. The van der Waals surface area contributed by atoms with Gasteiger partial charge < -0.3 is 0 Å². The highest BCUT2D eigenvalue weighted by Gasteiger charge is 2.48. The van der Waals surface area contributed by atoms with Crippen molar-refractivity contribution in [2.75, 3.05) is 13.1 Å². The Kier molecular flexibility index (Phi) is 8.98. The minimum Gasteiger partial charge on any atom is -0.298 e. The predicted molar refractivity (Wildman–Crippen MR) is 88.8 cm³/mol. The molecule has 0 N–H and O–H groups in total. The zero-order valence-corrected chi connectivity index (χ0v) is 14.8. The summed E-state index contributed by atoms with van der Waals surface area (Å²) in [6.45, 7) is 19.0. The Morgan fingerprint density at radius 1 is 0.684 bits per heavy atom. The topological polar surface area (TPSA) is 3.24 Å². The van der Waals surface area contributed by atoms with Crippen LogP contribution in [0.25, 0.3) is 0 Å². The largest absolute Gasteiger partial charge is 0.298 e. The molecule has 1 heteroatoms. The Morgan fingerprint density at radius 3 is 1.42 bits per heavy atom. The Bertz CT molecular complexity index is 210. The summed E-state index contributed by atoms with van der Waals surface area (Å²) in [6.07, 6.45) is 9.32. The van der Waals surface area contributed by atoms with Gasteiger partial charge in [-0.25, -0.2) is 0 Å². The molecule has 0 saturated heterocycles. The molecule has 1 nitrogen and oxygen atoms in total. The maximum atomic E-state index is 2.76. The van der Waals surface area contributed by atoms with Crippen molar-refractivity contribution < 1.29 is 0 Å². The summed E-state index contributed by atoms with van der Waals surface area (Å²) in [6, 6.07) is 0. The van der Waals surface area contributed by atoms with E-state index in [4.69, 9.17) is 0 Å². The van der Waals surface area contributed by atoms with Gasteiger partial charge in [-0.15, -0.1) is 0 Å². The molecular formula is C18H39N. The van der Waals surface area contributed by atoms with E-state index in [1.165, 1.54) is 58.0 Å². The fourth-order valence-corrected chi connectivity index (χ4v) is 4.62. The van der Waals surface area contributed by atoms with Gasteiger partial charge in [-0.1, -0.05) is 61.3 Å². The summed E-state index contributed by atoms with van der Waals surface area (Å²) >= 11 is 0. The van der Waals surface area contributed by atoms with Gasteiger partial charge in [0.2, 0.25) is 0 Å². The molecule has 0 fully saturated rings. The van der Waals surface area contributed by atoms with E-state index in [1.54, 1.807) is 0 Å². The molecule has 0 aromatic carbocycles. The average Bonchev–Trinajstić information content (AvgIpc) is 2.47. The molecule has 0 amide bonds. The van der Waals surface area contributed by atoms with Crippen LogP contribution in [0.1, 0.15) is 93.4 Å². The monoisotopic (exact) mass is 269 g/mol. The van der Waals surface area contributed by atoms with Gasteiger partial charge in [-0.05, 0) is 50.6 Å². The highest BCUT2D eigenvalue weighted by atomic mass is 15.2. The molecule has 0 spiro atoms. The van der Waals surface area contributed by atoms with Crippen LogP contribution in [0, 0.1) is 5.41 Å². The van der Waals surface area contributed by atoms with E-state index in [-0.39, 0.29) is 0 Å². The van der Waals surface area contributed by atoms with Crippen LogP contribution < -0.4 is 0 Å². The van der Waals surface area contributed by atoms with Crippen molar-refractivity contribution in [3.63, 3.8) is 0 Å². The number of hydrogen-bond donors (Lipinski definition) is 0. The molecule has 0 heterocycles. The van der Waals surface area contributed by atoms with E-state index in [0.717, 1.165) is 0 Å². The molecule has 0 rings (SSSR count). The summed E-state index contributed by atoms with van der Waals surface area (Å²) in [7, 11) is 0. The first kappa shape index (κ1) is 19.0. The maximum absolute atomic E-state index is 2.76. The van der Waals surface area contributed by atoms with Crippen molar-refractivity contribution in [1.29, 1.82) is 0 Å². The van der Waals surface area contributed by atoms with Crippen molar-refractivity contribution in [2.45, 2.75) is 99.0 Å². The van der Waals surface area contributed by atoms with Gasteiger partial charge in [0, 0.05) is 5.54 Å². The Balaban J connectivity index is 5.59. The lowest BCUT2D eigenvalue weighted by Gasteiger charge is -2.56. The molecule has 0 bridgehead atoms. The molecule has 0 aliphatic rings. The third-order valence-corrected chi connectivity index (χ3v) is 5.89. The summed E-state index contributed by atoms with van der Waals surface area (Å²) in [4.78, 5) is 2.76. The molecular weight excluding hydrogens is 230 g/mol. The SMILES string of the molecule is CCCCC(CC)(CC)C(CC)(CC)N(CC)CC. The lowest BCUT2D eigenvalue weighted by atomic mass is 9.60. The van der Waals surface area contributed by atoms with Crippen molar-refractivity contribution in [2.24, 2.45) is 5.41 Å². The van der Waals surface area contributed by atoms with E-state index >= 15 is 0 Å². The van der Waals surface area contributed by atoms with Crippen molar-refractivity contribution >= 4 is 0 Å². The van der Waals surface area contributed by atoms with Gasteiger partial charge in [0.15, 0.2) is 0 Å². The molecule has 0 unspecified atom stereocenters. The molecule has 116 valence electrons. The van der Waals surface area contributed by atoms with E-state index in [0.29, 0.717) is 11.0 Å². The van der Waals surface area contributed by atoms with Crippen molar-refractivity contribution in [1.82, 2.24) is 4.90 Å². The van der Waals surface area contributed by atoms with Gasteiger partial charge >= 0.3 is 0 Å². The van der Waals surface area contributed by atoms with Crippen LogP contribution in [0.2, 0.25) is 0 Å². The first-order valence-electron chi connectivity index (χ1n) is 8.82. The predicted octanol–water partition coefficient (Wildman–Crippen LogP) is 5.88. The van der Waals surface area contributed by atoms with Crippen LogP contribution >= 0.6 is 0 Å². The number of unbranched alkanes of at least 4 members (excludes halogenated alkanes) is 1. The summed E-state index contributed by atoms with van der Waals surface area (Å²) in [5, 5.41) is 0. The summed E-state index contributed by atoms with van der Waals surface area (Å²) in [5.41, 5.74) is 0.897. The van der Waals surface area contributed by atoms with Crippen LogP contribution in [0.3, 0.4) is 0 Å². The van der Waals surface area contributed by atoms with Crippen molar-refractivity contribution in [3.8, 4) is 0 Å². The van der Waals surface area contributed by atoms with Gasteiger partial charge in [-0.2, -0.15) is 0 Å². The molecule has 0 aromatic heterocycles. The second-order valence-electron chi connectivity index (χ2n) is 6.00. The molecule has 0 aromatic rings. The average molecular weight is 270 g/mol. The molecule has 0 saturated carbocycles. The number of nitrogens with zero attached hydrogens (tertiary/aromatic N) is 1. The van der Waals surface area contributed by atoms with Gasteiger partial charge in [0.05, 0.1) is 0 Å². The van der Waals surface area contributed by atoms with Crippen molar-refractivity contribution in [3.05, 3.63) is 0 Å². The molecule has 19 heavy (non-hydrogen) atoms. The number of rotatable bonds is 11. The zero-order chi connectivity index (χ0) is 14.9. The fourth-order valence-electron chi connectivity index (χ4n) is 4.62. The third kappa shape index (κ3) is 3.54. The zero-order valence-electron chi connectivity index (χ0n) is 14.8. The Morgan fingerprint density at radius 2 is 1.16 bits per heavy atom. The van der Waals surface area contributed by atoms with Crippen LogP contribution in [-0.4, -0.2) is 23.5 Å². The lowest BCUT2D eigenvalue weighted by Crippen LogP contribution is -2.59. The smallest absolute Gasteiger partial charge is 0.0260 e. The molecule has 0 aliphatic heterocycles. The highest BCUT2D eigenvalue weighted by molar-refractivity contribution is 5.03. The Labute approximate surface area is 123 Å². The quantitative estimate of drug-likeness (QED) is 0.452. The fraction of sp³-hybridized carbons (Fsp3) is 1.00. The van der Waals surface area contributed by atoms with E-state index in [2.05, 4.69) is 53.4 Å². The van der Waals surface area contributed by atoms with E-state index in [9.17, 15) is 0 Å². The van der Waals surface area contributed by atoms with Crippen LogP contribution in [0.5, 0.6) is 0 Å². The lowest BCUT2D eigenvalue weighted by molar-refractivity contribution is -0.0527. The second kappa shape index (κ2) is 9.00. The maximum Gasteiger partial charge on any atom is 0.0260 e. The first-order chi connectivity index (χ1) is 9.07. The number of hydrogen-bond acceptors (Lipinski definition) is 1. The minimum atomic E-state index is 0.398. The molecule has 0 atom stereocenters. The van der Waals surface area contributed by atoms with Gasteiger partial charge in [0.1, 0.15) is 0 Å². The van der Waals surface area contributed by atoms with Crippen LogP contribution in [-0.2, 0) is 0 Å². The van der Waals surface area contributed by atoms with Crippen LogP contribution in [0.4, 0.5) is 0 Å². The third-order valence-electron chi connectivity index (χ3n) is 5.89. The molecule has 0 aliphatic carbocycles. The normalized spacial score (nSPS) is 13.3.